The zero-order valence-corrected chi connectivity index (χ0v) is 18.1. The number of ether oxygens (including phenoxy) is 1. The molecule has 7 nitrogen and oxygen atoms in total. The topological polar surface area (TPSA) is 73.9 Å². The molecule has 2 aromatic carbocycles. The number of carbonyl (C=O) groups is 2. The minimum absolute atomic E-state index is 0.00905. The van der Waals surface area contributed by atoms with E-state index in [1.54, 1.807) is 12.0 Å². The molecule has 0 aliphatic carbocycles. The molecule has 0 unspecified atom stereocenters. The van der Waals surface area contributed by atoms with Gasteiger partial charge in [0.2, 0.25) is 5.91 Å². The van der Waals surface area contributed by atoms with Crippen LogP contribution in [0.3, 0.4) is 0 Å². The highest BCUT2D eigenvalue weighted by Crippen LogP contribution is 2.25. The Hall–Kier alpha value is -3.22. The molecule has 0 aromatic heterocycles. The monoisotopic (exact) mass is 410 g/mol. The molecule has 0 bridgehead atoms. The molecule has 1 fully saturated rings. The largest absolute Gasteiger partial charge is 0.497 e. The molecule has 3 amide bonds. The second kappa shape index (κ2) is 9.52. The van der Waals surface area contributed by atoms with Gasteiger partial charge in [0.05, 0.1) is 13.2 Å². The highest BCUT2D eigenvalue weighted by atomic mass is 16.5. The minimum Gasteiger partial charge on any atom is -0.497 e. The second-order valence-corrected chi connectivity index (χ2v) is 7.37. The summed E-state index contributed by atoms with van der Waals surface area (Å²) in [5.74, 6) is 0.729. The average molecular weight is 411 g/mol. The van der Waals surface area contributed by atoms with Crippen LogP contribution in [0.15, 0.2) is 42.5 Å². The molecule has 0 saturated carbocycles. The number of nitrogens with one attached hydrogen (secondary N) is 2. The number of aryl methyl sites for hydroxylation is 1. The number of benzene rings is 2. The minimum atomic E-state index is -0.303. The third-order valence-corrected chi connectivity index (χ3v) is 5.43. The van der Waals surface area contributed by atoms with E-state index >= 15 is 0 Å². The molecular weight excluding hydrogens is 380 g/mol. The van der Waals surface area contributed by atoms with E-state index < -0.39 is 0 Å². The summed E-state index contributed by atoms with van der Waals surface area (Å²) in [6.45, 7) is 8.53. The number of amides is 3. The Bertz CT molecular complexity index is 894. The first-order chi connectivity index (χ1) is 14.4. The van der Waals surface area contributed by atoms with E-state index in [1.165, 1.54) is 0 Å². The molecule has 1 saturated heterocycles. The van der Waals surface area contributed by atoms with Gasteiger partial charge in [0.1, 0.15) is 5.75 Å². The van der Waals surface area contributed by atoms with Gasteiger partial charge in [-0.1, -0.05) is 0 Å². The fraction of sp³-hybridized carbons (Fsp3) is 0.391. The fourth-order valence-electron chi connectivity index (χ4n) is 3.73. The van der Waals surface area contributed by atoms with Gasteiger partial charge >= 0.3 is 6.03 Å². The molecular formula is C23H30N4O3. The molecule has 1 aliphatic rings. The number of nitrogens with zero attached hydrogens (tertiary/aromatic N) is 2. The quantitative estimate of drug-likeness (QED) is 0.729. The molecule has 1 heterocycles. The Morgan fingerprint density at radius 3 is 2.47 bits per heavy atom. The van der Waals surface area contributed by atoms with Crippen molar-refractivity contribution in [3.05, 3.63) is 48.0 Å². The number of hydrogen-bond acceptors (Lipinski definition) is 4. The van der Waals surface area contributed by atoms with Crippen molar-refractivity contribution in [2.24, 2.45) is 0 Å². The average Bonchev–Trinajstić information content (AvgIpc) is 3.10. The maximum absolute atomic E-state index is 12.5. The van der Waals surface area contributed by atoms with Gasteiger partial charge in [-0.25, -0.2) is 4.79 Å². The maximum Gasteiger partial charge on any atom is 0.319 e. The third-order valence-electron chi connectivity index (χ3n) is 5.43. The van der Waals surface area contributed by atoms with Crippen molar-refractivity contribution in [1.82, 2.24) is 5.32 Å². The predicted octanol–water partition coefficient (Wildman–Crippen LogP) is 3.78. The van der Waals surface area contributed by atoms with Gasteiger partial charge in [-0.3, -0.25) is 4.79 Å². The van der Waals surface area contributed by atoms with Crippen LogP contribution in [0.4, 0.5) is 21.9 Å². The molecule has 1 aliphatic heterocycles. The van der Waals surface area contributed by atoms with Gasteiger partial charge in [-0.15, -0.1) is 0 Å². The van der Waals surface area contributed by atoms with Crippen molar-refractivity contribution < 1.29 is 14.3 Å². The zero-order valence-electron chi connectivity index (χ0n) is 18.1. The highest BCUT2D eigenvalue weighted by molar-refractivity contribution is 5.97. The number of rotatable bonds is 7. The van der Waals surface area contributed by atoms with E-state index in [1.807, 2.05) is 43.3 Å². The third kappa shape index (κ3) is 4.84. The summed E-state index contributed by atoms with van der Waals surface area (Å²) in [5.41, 5.74) is 3.70. The second-order valence-electron chi connectivity index (χ2n) is 7.37. The molecule has 7 heteroatoms. The number of urea groups is 1. The summed E-state index contributed by atoms with van der Waals surface area (Å²) < 4.78 is 5.16. The molecule has 2 aromatic rings. The van der Waals surface area contributed by atoms with Gasteiger partial charge in [0, 0.05) is 43.1 Å². The summed E-state index contributed by atoms with van der Waals surface area (Å²) >= 11 is 0. The smallest absolute Gasteiger partial charge is 0.319 e. The normalized spacial score (nSPS) is 15.8. The Morgan fingerprint density at radius 1 is 1.17 bits per heavy atom. The molecule has 0 radical (unpaired) electrons. The summed E-state index contributed by atoms with van der Waals surface area (Å²) in [6.07, 6.45) is 0.277. The van der Waals surface area contributed by atoms with Gasteiger partial charge in [-0.2, -0.15) is 0 Å². The van der Waals surface area contributed by atoms with Crippen LogP contribution in [0.2, 0.25) is 0 Å². The molecule has 2 N–H and O–H groups in total. The van der Waals surface area contributed by atoms with Crippen molar-refractivity contribution in [2.45, 2.75) is 33.2 Å². The lowest BCUT2D eigenvalue weighted by Crippen LogP contribution is -2.39. The van der Waals surface area contributed by atoms with E-state index in [2.05, 4.69) is 35.4 Å². The van der Waals surface area contributed by atoms with Crippen LogP contribution in [0, 0.1) is 6.92 Å². The molecule has 0 spiro atoms. The van der Waals surface area contributed by atoms with Gasteiger partial charge in [-0.05, 0) is 68.8 Å². The van der Waals surface area contributed by atoms with Crippen molar-refractivity contribution in [2.75, 3.05) is 41.9 Å². The van der Waals surface area contributed by atoms with Crippen LogP contribution in [-0.2, 0) is 4.79 Å². The van der Waals surface area contributed by atoms with Crippen molar-refractivity contribution in [3.8, 4) is 5.75 Å². The van der Waals surface area contributed by atoms with Gasteiger partial charge < -0.3 is 25.2 Å². The van der Waals surface area contributed by atoms with Crippen LogP contribution in [0.5, 0.6) is 5.75 Å². The van der Waals surface area contributed by atoms with Gasteiger partial charge in [0.15, 0.2) is 0 Å². The summed E-state index contributed by atoms with van der Waals surface area (Å²) in [5, 5.41) is 5.83. The van der Waals surface area contributed by atoms with Crippen LogP contribution in [0.25, 0.3) is 0 Å². The highest BCUT2D eigenvalue weighted by Gasteiger charge is 2.31. The molecule has 160 valence electrons. The van der Waals surface area contributed by atoms with Crippen LogP contribution in [0.1, 0.15) is 25.8 Å². The summed E-state index contributed by atoms with van der Waals surface area (Å²) in [6, 6.07) is 12.8. The first-order valence-electron chi connectivity index (χ1n) is 10.3. The SMILES string of the molecule is CCN(CC)c1ccc(NC(=O)N[C@@H]2CC(=O)N(c3ccc(OC)cc3)C2)c(C)c1. The van der Waals surface area contributed by atoms with E-state index in [0.29, 0.717) is 6.54 Å². The summed E-state index contributed by atoms with van der Waals surface area (Å²) in [4.78, 5) is 28.9. The number of carbonyl (C=O) groups excluding carboxylic acids is 2. The van der Waals surface area contributed by atoms with Crippen LogP contribution < -0.4 is 25.2 Å². The van der Waals surface area contributed by atoms with Crippen molar-refractivity contribution >= 4 is 29.0 Å². The number of anilines is 3. The lowest BCUT2D eigenvalue weighted by molar-refractivity contribution is -0.117. The molecule has 3 rings (SSSR count). The standard InChI is InChI=1S/C23H30N4O3/c1-5-26(6-2)19-9-12-21(16(3)13-19)25-23(29)24-17-14-22(28)27(15-17)18-7-10-20(30-4)11-8-18/h7-13,17H,5-6,14-15H2,1-4H3,(H2,24,25,29)/t17-/m1/s1. The van der Waals surface area contributed by atoms with Crippen molar-refractivity contribution in [1.29, 1.82) is 0 Å². The van der Waals surface area contributed by atoms with E-state index in [0.717, 1.165) is 41.5 Å². The van der Waals surface area contributed by atoms with Crippen molar-refractivity contribution in [3.63, 3.8) is 0 Å². The first-order valence-corrected chi connectivity index (χ1v) is 10.3. The van der Waals surface area contributed by atoms with E-state index in [-0.39, 0.29) is 24.4 Å². The Balaban J connectivity index is 1.59. The van der Waals surface area contributed by atoms with E-state index in [9.17, 15) is 9.59 Å². The van der Waals surface area contributed by atoms with Crippen LogP contribution in [-0.4, -0.2) is 44.7 Å². The lowest BCUT2D eigenvalue weighted by Gasteiger charge is -2.22. The lowest BCUT2D eigenvalue weighted by atomic mass is 10.1. The first kappa shape index (κ1) is 21.5. The Kier molecular flexibility index (Phi) is 6.82. The van der Waals surface area contributed by atoms with Gasteiger partial charge in [0.25, 0.3) is 0 Å². The van der Waals surface area contributed by atoms with E-state index in [4.69, 9.17) is 4.74 Å². The Labute approximate surface area is 178 Å². The number of hydrogen-bond donors (Lipinski definition) is 2. The predicted molar refractivity (Wildman–Crippen MR) is 121 cm³/mol. The van der Waals surface area contributed by atoms with Crippen LogP contribution >= 0.6 is 0 Å². The maximum atomic E-state index is 12.5. The zero-order chi connectivity index (χ0) is 21.7. The fourth-order valence-corrected chi connectivity index (χ4v) is 3.73. The Morgan fingerprint density at radius 2 is 1.87 bits per heavy atom. The molecule has 30 heavy (non-hydrogen) atoms. The summed E-state index contributed by atoms with van der Waals surface area (Å²) in [7, 11) is 1.60. The molecule has 1 atom stereocenters. The number of methoxy groups -OCH3 is 1.